The van der Waals surface area contributed by atoms with Crippen molar-refractivity contribution < 1.29 is 18.0 Å². The minimum atomic E-state index is -4.69. The summed E-state index contributed by atoms with van der Waals surface area (Å²) < 4.78 is 37.4. The molecule has 0 radical (unpaired) electrons. The Hall–Kier alpha value is -1.64. The minimum Gasteiger partial charge on any atom is -0.332 e. The normalized spacial score (nSPS) is 11.4. The van der Waals surface area contributed by atoms with Crippen molar-refractivity contribution in [1.82, 2.24) is 20.1 Å². The van der Waals surface area contributed by atoms with Crippen LogP contribution in [0.3, 0.4) is 0 Å². The SMILES string of the molecule is CN(C)C(=O)NCc1c(Cl)c(C(F)(F)F)nn1N. The highest BCUT2D eigenvalue weighted by molar-refractivity contribution is 6.32. The molecular weight excluding hydrogens is 275 g/mol. The van der Waals surface area contributed by atoms with Crippen molar-refractivity contribution in [3.63, 3.8) is 0 Å². The second kappa shape index (κ2) is 4.92. The molecule has 18 heavy (non-hydrogen) atoms. The molecule has 6 nitrogen and oxygen atoms in total. The van der Waals surface area contributed by atoms with Gasteiger partial charge in [0.1, 0.15) is 5.69 Å². The molecule has 1 aromatic rings. The Labute approximate surface area is 105 Å². The zero-order valence-electron chi connectivity index (χ0n) is 9.55. The van der Waals surface area contributed by atoms with Crippen molar-refractivity contribution in [2.24, 2.45) is 0 Å². The standard InChI is InChI=1S/C8H11ClF3N5O/c1-16(2)7(18)14-3-4-5(9)6(8(10,11)12)15-17(4)13/h3,13H2,1-2H3,(H,14,18). The number of carbonyl (C=O) groups is 1. The first-order valence-electron chi connectivity index (χ1n) is 4.69. The first-order chi connectivity index (χ1) is 8.14. The Morgan fingerprint density at radius 1 is 1.56 bits per heavy atom. The van der Waals surface area contributed by atoms with Crippen LogP contribution < -0.4 is 11.2 Å². The summed E-state index contributed by atoms with van der Waals surface area (Å²) in [6.07, 6.45) is -4.69. The Morgan fingerprint density at radius 3 is 2.50 bits per heavy atom. The first kappa shape index (κ1) is 14.4. The molecule has 0 bridgehead atoms. The number of nitrogens with zero attached hydrogens (tertiary/aromatic N) is 3. The fourth-order valence-electron chi connectivity index (χ4n) is 1.11. The number of carbonyl (C=O) groups excluding carboxylic acids is 1. The molecule has 0 fully saturated rings. The van der Waals surface area contributed by atoms with Gasteiger partial charge in [0.15, 0.2) is 5.69 Å². The summed E-state index contributed by atoms with van der Waals surface area (Å²) in [6, 6.07) is -0.485. The van der Waals surface area contributed by atoms with Crippen LogP contribution in [-0.2, 0) is 12.7 Å². The number of nitrogens with one attached hydrogen (secondary N) is 1. The van der Waals surface area contributed by atoms with Crippen molar-refractivity contribution in [3.8, 4) is 0 Å². The topological polar surface area (TPSA) is 76.2 Å². The number of nitrogen functional groups attached to an aromatic ring is 1. The van der Waals surface area contributed by atoms with E-state index in [9.17, 15) is 18.0 Å². The number of aromatic nitrogens is 2. The third kappa shape index (κ3) is 2.97. The summed E-state index contributed by atoms with van der Waals surface area (Å²) >= 11 is 5.53. The molecule has 0 saturated heterocycles. The van der Waals surface area contributed by atoms with Crippen molar-refractivity contribution in [2.45, 2.75) is 12.7 Å². The second-order valence-corrected chi connectivity index (χ2v) is 3.98. The zero-order chi connectivity index (χ0) is 14.1. The fourth-order valence-corrected chi connectivity index (χ4v) is 1.40. The van der Waals surface area contributed by atoms with E-state index in [1.807, 2.05) is 0 Å². The van der Waals surface area contributed by atoms with Crippen LogP contribution in [0.2, 0.25) is 5.02 Å². The number of hydrogen-bond donors (Lipinski definition) is 2. The molecule has 1 heterocycles. The van der Waals surface area contributed by atoms with E-state index >= 15 is 0 Å². The van der Waals surface area contributed by atoms with Crippen LogP contribution in [-0.4, -0.2) is 34.9 Å². The Bertz CT molecular complexity index is 456. The lowest BCUT2D eigenvalue weighted by Gasteiger charge is -2.11. The molecule has 1 aromatic heterocycles. The van der Waals surface area contributed by atoms with E-state index in [4.69, 9.17) is 17.4 Å². The summed E-state index contributed by atoms with van der Waals surface area (Å²) in [6.45, 7) is -0.255. The van der Waals surface area contributed by atoms with Crippen LogP contribution in [0, 0.1) is 0 Å². The lowest BCUT2D eigenvalue weighted by atomic mass is 10.3. The van der Waals surface area contributed by atoms with Gasteiger partial charge >= 0.3 is 12.2 Å². The molecule has 1 rings (SSSR count). The van der Waals surface area contributed by atoms with Crippen molar-refractivity contribution in [1.29, 1.82) is 0 Å². The third-order valence-corrected chi connectivity index (χ3v) is 2.42. The van der Waals surface area contributed by atoms with Gasteiger partial charge in [-0.3, -0.25) is 0 Å². The number of alkyl halides is 3. The van der Waals surface area contributed by atoms with Gasteiger partial charge < -0.3 is 16.1 Å². The van der Waals surface area contributed by atoms with E-state index in [0.717, 1.165) is 0 Å². The second-order valence-electron chi connectivity index (χ2n) is 3.60. The summed E-state index contributed by atoms with van der Waals surface area (Å²) in [5.74, 6) is 5.26. The number of nitrogens with two attached hydrogens (primary N) is 1. The maximum atomic E-state index is 12.5. The average Bonchev–Trinajstić information content (AvgIpc) is 2.51. The number of halogens is 4. The summed E-state index contributed by atoms with van der Waals surface area (Å²) in [7, 11) is 2.97. The average molecular weight is 286 g/mol. The van der Waals surface area contributed by atoms with Gasteiger partial charge in [-0.25, -0.2) is 4.79 Å². The highest BCUT2D eigenvalue weighted by atomic mass is 35.5. The molecule has 0 unspecified atom stereocenters. The van der Waals surface area contributed by atoms with Gasteiger partial charge in [0.05, 0.1) is 11.6 Å². The quantitative estimate of drug-likeness (QED) is 0.797. The molecule has 0 saturated carbocycles. The van der Waals surface area contributed by atoms with E-state index < -0.39 is 22.9 Å². The van der Waals surface area contributed by atoms with Gasteiger partial charge in [0.2, 0.25) is 0 Å². The molecule has 102 valence electrons. The molecule has 0 aliphatic heterocycles. The number of urea groups is 1. The largest absolute Gasteiger partial charge is 0.436 e. The van der Waals surface area contributed by atoms with Gasteiger partial charge in [-0.05, 0) is 0 Å². The lowest BCUT2D eigenvalue weighted by Crippen LogP contribution is -2.35. The van der Waals surface area contributed by atoms with Gasteiger partial charge in [-0.1, -0.05) is 11.6 Å². The summed E-state index contributed by atoms with van der Waals surface area (Å²) in [5.41, 5.74) is -1.40. The molecule has 0 aliphatic carbocycles. The van der Waals surface area contributed by atoms with E-state index in [2.05, 4.69) is 10.4 Å². The number of hydrogen-bond acceptors (Lipinski definition) is 3. The predicted octanol–water partition coefficient (Wildman–Crippen LogP) is 1.04. The smallest absolute Gasteiger partial charge is 0.332 e. The molecular formula is C8H11ClF3N5O. The highest BCUT2D eigenvalue weighted by Gasteiger charge is 2.38. The molecule has 3 N–H and O–H groups in total. The predicted molar refractivity (Wildman–Crippen MR) is 58.3 cm³/mol. The van der Waals surface area contributed by atoms with E-state index in [-0.39, 0.29) is 12.2 Å². The van der Waals surface area contributed by atoms with E-state index in [0.29, 0.717) is 4.79 Å². The van der Waals surface area contributed by atoms with Crippen LogP contribution in [0.1, 0.15) is 11.4 Å². The number of amides is 2. The molecule has 0 spiro atoms. The Morgan fingerprint density at radius 2 is 2.11 bits per heavy atom. The zero-order valence-corrected chi connectivity index (χ0v) is 10.3. The Kier molecular flexibility index (Phi) is 3.95. The lowest BCUT2D eigenvalue weighted by molar-refractivity contribution is -0.141. The summed E-state index contributed by atoms with van der Waals surface area (Å²) in [4.78, 5) is 12.9. The van der Waals surface area contributed by atoms with Gasteiger partial charge in [0.25, 0.3) is 0 Å². The van der Waals surface area contributed by atoms with Crippen LogP contribution >= 0.6 is 11.6 Å². The van der Waals surface area contributed by atoms with Crippen LogP contribution in [0.4, 0.5) is 18.0 Å². The number of rotatable bonds is 2. The van der Waals surface area contributed by atoms with Gasteiger partial charge in [-0.15, -0.1) is 5.10 Å². The molecule has 2 amide bonds. The van der Waals surface area contributed by atoms with Crippen molar-refractivity contribution >= 4 is 17.6 Å². The summed E-state index contributed by atoms with van der Waals surface area (Å²) in [5, 5.41) is 4.79. The van der Waals surface area contributed by atoms with Crippen LogP contribution in [0.25, 0.3) is 0 Å². The third-order valence-electron chi connectivity index (χ3n) is 2.03. The maximum Gasteiger partial charge on any atom is 0.436 e. The molecule has 0 aliphatic rings. The highest BCUT2D eigenvalue weighted by Crippen LogP contribution is 2.34. The Balaban J connectivity index is 2.91. The van der Waals surface area contributed by atoms with Gasteiger partial charge in [0, 0.05) is 14.1 Å². The maximum absolute atomic E-state index is 12.5. The monoisotopic (exact) mass is 285 g/mol. The first-order valence-corrected chi connectivity index (χ1v) is 5.07. The molecule has 10 heteroatoms. The van der Waals surface area contributed by atoms with Crippen LogP contribution in [0.15, 0.2) is 0 Å². The van der Waals surface area contributed by atoms with Crippen molar-refractivity contribution in [3.05, 3.63) is 16.4 Å². The van der Waals surface area contributed by atoms with Gasteiger partial charge in [-0.2, -0.15) is 18.0 Å². The molecule has 0 aromatic carbocycles. The van der Waals surface area contributed by atoms with Crippen molar-refractivity contribution in [2.75, 3.05) is 19.9 Å². The van der Waals surface area contributed by atoms with E-state index in [1.54, 1.807) is 0 Å². The van der Waals surface area contributed by atoms with E-state index in [1.165, 1.54) is 19.0 Å². The fraction of sp³-hybridized carbons (Fsp3) is 0.500. The van der Waals surface area contributed by atoms with Crippen LogP contribution in [0.5, 0.6) is 0 Å². The minimum absolute atomic E-state index is 0.126. The molecule has 0 atom stereocenters.